The summed E-state index contributed by atoms with van der Waals surface area (Å²) in [6.45, 7) is 2.23. The first-order chi connectivity index (χ1) is 11.2. The number of hydrogen-bond acceptors (Lipinski definition) is 3. The Morgan fingerprint density at radius 2 is 2.26 bits per heavy atom. The van der Waals surface area contributed by atoms with E-state index >= 15 is 0 Å². The van der Waals surface area contributed by atoms with Crippen LogP contribution >= 0.6 is 11.6 Å². The zero-order valence-electron chi connectivity index (χ0n) is 13.0. The number of fused-ring (bicyclic) bond motifs is 1. The summed E-state index contributed by atoms with van der Waals surface area (Å²) < 4.78 is 0. The number of H-pyrrole nitrogens is 1. The molecule has 23 heavy (non-hydrogen) atoms. The Kier molecular flexibility index (Phi) is 3.99. The maximum Gasteiger partial charge on any atom is 0.234 e. The molecule has 1 unspecified atom stereocenters. The number of aromatic amines is 1. The molecule has 2 N–H and O–H groups in total. The molecule has 4 rings (SSSR count). The first-order valence-electron chi connectivity index (χ1n) is 8.35. The first-order valence-corrected chi connectivity index (χ1v) is 8.73. The van der Waals surface area contributed by atoms with Gasteiger partial charge in [-0.25, -0.2) is 4.98 Å². The van der Waals surface area contributed by atoms with Gasteiger partial charge in [0.2, 0.25) is 5.91 Å². The van der Waals surface area contributed by atoms with Crippen molar-refractivity contribution in [3.63, 3.8) is 0 Å². The number of halogens is 1. The molecule has 1 atom stereocenters. The van der Waals surface area contributed by atoms with Gasteiger partial charge in [0.05, 0.1) is 23.6 Å². The van der Waals surface area contributed by atoms with Gasteiger partial charge in [0, 0.05) is 11.6 Å². The third-order valence-corrected chi connectivity index (χ3v) is 5.01. The standard InChI is InChI=1S/C17H21ClN4O/c18-12-5-6-13-14(8-12)21-17(20-13)15-2-1-7-22(15)10-16(23)19-9-11-3-4-11/h5-6,8,11,15H,1-4,7,9-10H2,(H,19,23)(H,20,21). The minimum Gasteiger partial charge on any atom is -0.355 e. The summed E-state index contributed by atoms with van der Waals surface area (Å²) >= 11 is 6.04. The highest BCUT2D eigenvalue weighted by atomic mass is 35.5. The normalized spacial score (nSPS) is 21.9. The second-order valence-corrected chi connectivity index (χ2v) is 7.10. The number of nitrogens with zero attached hydrogens (tertiary/aromatic N) is 2. The molecule has 122 valence electrons. The maximum absolute atomic E-state index is 12.1. The highest BCUT2D eigenvalue weighted by molar-refractivity contribution is 6.31. The van der Waals surface area contributed by atoms with E-state index in [0.717, 1.165) is 42.8 Å². The van der Waals surface area contributed by atoms with Crippen molar-refractivity contribution in [3.05, 3.63) is 29.0 Å². The van der Waals surface area contributed by atoms with E-state index in [0.29, 0.717) is 17.5 Å². The molecule has 6 heteroatoms. The van der Waals surface area contributed by atoms with Gasteiger partial charge >= 0.3 is 0 Å². The van der Waals surface area contributed by atoms with E-state index in [1.807, 2.05) is 18.2 Å². The van der Waals surface area contributed by atoms with Gasteiger partial charge in [0.15, 0.2) is 0 Å². The lowest BCUT2D eigenvalue weighted by atomic mass is 10.2. The van der Waals surface area contributed by atoms with E-state index in [9.17, 15) is 4.79 Å². The molecule has 2 aromatic rings. The van der Waals surface area contributed by atoms with E-state index < -0.39 is 0 Å². The number of likely N-dealkylation sites (tertiary alicyclic amines) is 1. The highest BCUT2D eigenvalue weighted by Crippen LogP contribution is 2.31. The first kappa shape index (κ1) is 15.0. The third-order valence-electron chi connectivity index (χ3n) is 4.77. The molecule has 1 aliphatic carbocycles. The summed E-state index contributed by atoms with van der Waals surface area (Å²) in [4.78, 5) is 22.4. The van der Waals surface area contributed by atoms with Crippen LogP contribution in [0.25, 0.3) is 11.0 Å². The molecule has 5 nitrogen and oxygen atoms in total. The zero-order valence-corrected chi connectivity index (χ0v) is 13.8. The van der Waals surface area contributed by atoms with Gasteiger partial charge in [-0.05, 0) is 56.3 Å². The Hall–Kier alpha value is -1.59. The number of hydrogen-bond donors (Lipinski definition) is 2. The summed E-state index contributed by atoms with van der Waals surface area (Å²) in [6.07, 6.45) is 4.64. The van der Waals surface area contributed by atoms with Gasteiger partial charge in [-0.1, -0.05) is 11.6 Å². The van der Waals surface area contributed by atoms with Gasteiger partial charge < -0.3 is 10.3 Å². The van der Waals surface area contributed by atoms with Crippen LogP contribution in [0.1, 0.15) is 37.5 Å². The lowest BCUT2D eigenvalue weighted by Crippen LogP contribution is -2.37. The van der Waals surface area contributed by atoms with Crippen LogP contribution in [-0.4, -0.2) is 40.4 Å². The fraction of sp³-hybridized carbons (Fsp3) is 0.529. The number of amides is 1. The van der Waals surface area contributed by atoms with E-state index in [-0.39, 0.29) is 11.9 Å². The molecule has 2 aliphatic rings. The molecule has 1 amide bonds. The second-order valence-electron chi connectivity index (χ2n) is 6.66. The van der Waals surface area contributed by atoms with E-state index in [4.69, 9.17) is 16.6 Å². The summed E-state index contributed by atoms with van der Waals surface area (Å²) in [7, 11) is 0. The van der Waals surface area contributed by atoms with Crippen LogP contribution in [0, 0.1) is 5.92 Å². The number of benzene rings is 1. The minimum atomic E-state index is 0.128. The predicted molar refractivity (Wildman–Crippen MR) is 90.4 cm³/mol. The molecule has 1 saturated carbocycles. The van der Waals surface area contributed by atoms with Gasteiger partial charge in [-0.15, -0.1) is 0 Å². The van der Waals surface area contributed by atoms with Crippen LogP contribution < -0.4 is 5.32 Å². The Labute approximate surface area is 140 Å². The van der Waals surface area contributed by atoms with Crippen molar-refractivity contribution in [2.75, 3.05) is 19.6 Å². The smallest absolute Gasteiger partial charge is 0.234 e. The SMILES string of the molecule is O=C(CN1CCCC1c1nc2ccc(Cl)cc2[nH]1)NCC1CC1. The average Bonchev–Trinajstić information content (AvgIpc) is 3.09. The van der Waals surface area contributed by atoms with Crippen LogP contribution in [0.3, 0.4) is 0 Å². The van der Waals surface area contributed by atoms with Gasteiger partial charge in [-0.3, -0.25) is 9.69 Å². The van der Waals surface area contributed by atoms with Crippen LogP contribution in [0.15, 0.2) is 18.2 Å². The molecule has 1 saturated heterocycles. The Balaban J connectivity index is 1.46. The molecule has 2 fully saturated rings. The quantitative estimate of drug-likeness (QED) is 0.885. The largest absolute Gasteiger partial charge is 0.355 e. The van der Waals surface area contributed by atoms with Gasteiger partial charge in [0.1, 0.15) is 5.82 Å². The van der Waals surface area contributed by atoms with Gasteiger partial charge in [-0.2, -0.15) is 0 Å². The van der Waals surface area contributed by atoms with E-state index in [1.165, 1.54) is 12.8 Å². The highest BCUT2D eigenvalue weighted by Gasteiger charge is 2.30. The molecule has 0 spiro atoms. The molecule has 1 aliphatic heterocycles. The third kappa shape index (κ3) is 3.35. The Bertz CT molecular complexity index is 724. The summed E-state index contributed by atoms with van der Waals surface area (Å²) in [5.41, 5.74) is 1.88. The van der Waals surface area contributed by atoms with E-state index in [2.05, 4.69) is 15.2 Å². The average molecular weight is 333 g/mol. The lowest BCUT2D eigenvalue weighted by Gasteiger charge is -2.22. The number of rotatable bonds is 5. The zero-order chi connectivity index (χ0) is 15.8. The minimum absolute atomic E-state index is 0.128. The molecule has 0 bridgehead atoms. The molecule has 1 aromatic carbocycles. The molecule has 1 aromatic heterocycles. The van der Waals surface area contributed by atoms with Crippen LogP contribution in [0.2, 0.25) is 5.02 Å². The van der Waals surface area contributed by atoms with Crippen LogP contribution in [-0.2, 0) is 4.79 Å². The number of carbonyl (C=O) groups excluding carboxylic acids is 1. The molecular formula is C17H21ClN4O. The molecule has 2 heterocycles. The van der Waals surface area contributed by atoms with Crippen molar-refractivity contribution in [1.29, 1.82) is 0 Å². The Morgan fingerprint density at radius 1 is 1.39 bits per heavy atom. The van der Waals surface area contributed by atoms with Crippen molar-refractivity contribution in [1.82, 2.24) is 20.2 Å². The van der Waals surface area contributed by atoms with Crippen LogP contribution in [0.4, 0.5) is 0 Å². The summed E-state index contributed by atoms with van der Waals surface area (Å²) in [5, 5.41) is 3.75. The lowest BCUT2D eigenvalue weighted by molar-refractivity contribution is -0.122. The summed E-state index contributed by atoms with van der Waals surface area (Å²) in [5.74, 6) is 1.78. The summed E-state index contributed by atoms with van der Waals surface area (Å²) in [6, 6.07) is 5.87. The Morgan fingerprint density at radius 3 is 3.09 bits per heavy atom. The van der Waals surface area contributed by atoms with Crippen LogP contribution in [0.5, 0.6) is 0 Å². The molecule has 0 radical (unpaired) electrons. The predicted octanol–water partition coefficient (Wildman–Crippen LogP) is 2.88. The monoisotopic (exact) mass is 332 g/mol. The number of carbonyl (C=O) groups is 1. The molecular weight excluding hydrogens is 312 g/mol. The number of aromatic nitrogens is 2. The van der Waals surface area contributed by atoms with Crippen molar-refractivity contribution < 1.29 is 4.79 Å². The number of nitrogens with one attached hydrogen (secondary N) is 2. The van der Waals surface area contributed by atoms with Crippen molar-refractivity contribution >= 4 is 28.5 Å². The fourth-order valence-corrected chi connectivity index (χ4v) is 3.48. The number of imidazole rings is 1. The maximum atomic E-state index is 12.1. The second kappa shape index (κ2) is 6.13. The van der Waals surface area contributed by atoms with Crippen molar-refractivity contribution in [2.45, 2.75) is 31.7 Å². The fourth-order valence-electron chi connectivity index (χ4n) is 3.30. The van der Waals surface area contributed by atoms with Crippen molar-refractivity contribution in [2.24, 2.45) is 5.92 Å². The van der Waals surface area contributed by atoms with Gasteiger partial charge in [0.25, 0.3) is 0 Å². The topological polar surface area (TPSA) is 61.0 Å². The van der Waals surface area contributed by atoms with E-state index in [1.54, 1.807) is 0 Å². The van der Waals surface area contributed by atoms with Crippen molar-refractivity contribution in [3.8, 4) is 0 Å².